The van der Waals surface area contributed by atoms with Gasteiger partial charge in [0.2, 0.25) is 0 Å². The molecule has 2 aromatic rings. The number of hydrogen-bond acceptors (Lipinski definition) is 5. The summed E-state index contributed by atoms with van der Waals surface area (Å²) in [4.78, 5) is 23.8. The number of benzene rings is 1. The van der Waals surface area contributed by atoms with Crippen LogP contribution >= 0.6 is 11.8 Å². The van der Waals surface area contributed by atoms with Crippen LogP contribution in [0.5, 0.6) is 0 Å². The second-order valence-corrected chi connectivity index (χ2v) is 7.20. The minimum Gasteiger partial charge on any atom is -0.481 e. The Kier molecular flexibility index (Phi) is 5.87. The molecular weight excluding hydrogens is 411 g/mol. The first-order valence-corrected chi connectivity index (χ1v) is 9.28. The van der Waals surface area contributed by atoms with Crippen LogP contribution in [0.3, 0.4) is 0 Å². The van der Waals surface area contributed by atoms with Gasteiger partial charge >= 0.3 is 18.2 Å². The monoisotopic (exact) mass is 427 g/mol. The number of hydrogen-bond donors (Lipinski definition) is 2. The lowest BCUT2D eigenvalue weighted by molar-refractivity contribution is -0.141. The number of thioether (sulfide) groups is 1. The minimum absolute atomic E-state index is 0.00123. The van der Waals surface area contributed by atoms with E-state index in [4.69, 9.17) is 4.74 Å². The van der Waals surface area contributed by atoms with Crippen LogP contribution in [0.15, 0.2) is 41.8 Å². The topological polar surface area (TPSA) is 93.5 Å². The Morgan fingerprint density at radius 2 is 2.00 bits per heavy atom. The van der Waals surface area contributed by atoms with Crippen molar-refractivity contribution in [3.63, 3.8) is 0 Å². The first-order chi connectivity index (χ1) is 13.7. The second-order valence-electron chi connectivity index (χ2n) is 6.19. The van der Waals surface area contributed by atoms with E-state index in [1.54, 1.807) is 24.3 Å². The zero-order valence-corrected chi connectivity index (χ0v) is 15.8. The number of carbonyl (C=O) groups is 2. The number of amides is 1. The van der Waals surface area contributed by atoms with E-state index in [-0.39, 0.29) is 17.9 Å². The Morgan fingerprint density at radius 1 is 1.31 bits per heavy atom. The van der Waals surface area contributed by atoms with Crippen molar-refractivity contribution in [3.8, 4) is 0 Å². The summed E-state index contributed by atoms with van der Waals surface area (Å²) in [6, 6.07) is 9.69. The Balaban J connectivity index is 1.71. The van der Waals surface area contributed by atoms with Crippen LogP contribution in [0.1, 0.15) is 17.0 Å². The Morgan fingerprint density at radius 3 is 2.59 bits per heavy atom. The fourth-order valence-corrected chi connectivity index (χ4v) is 3.96. The maximum Gasteiger partial charge on any atom is 0.435 e. The zero-order valence-electron chi connectivity index (χ0n) is 15.0. The third-order valence-electron chi connectivity index (χ3n) is 4.18. The average molecular weight is 427 g/mol. The summed E-state index contributed by atoms with van der Waals surface area (Å²) >= 11 is 0.980. The van der Waals surface area contributed by atoms with E-state index in [1.165, 1.54) is 12.5 Å². The lowest BCUT2D eigenvalue weighted by atomic mass is 9.97. The number of aliphatic carboxylic acids is 1. The molecule has 11 heteroatoms. The molecule has 1 aromatic heterocycles. The van der Waals surface area contributed by atoms with Crippen LogP contribution in [0.2, 0.25) is 0 Å². The summed E-state index contributed by atoms with van der Waals surface area (Å²) in [5.74, 6) is -2.55. The molecular formula is C18H16F3N3O4S. The molecule has 2 N–H and O–H groups in total. The second kappa shape index (κ2) is 8.19. The van der Waals surface area contributed by atoms with E-state index < -0.39 is 35.2 Å². The number of carbonyl (C=O) groups excluding carboxylic acids is 1. The molecule has 154 valence electrons. The predicted octanol–water partition coefficient (Wildman–Crippen LogP) is 3.48. The molecule has 0 saturated heterocycles. The van der Waals surface area contributed by atoms with E-state index in [1.807, 2.05) is 6.07 Å². The number of carboxylic acid groups (broad SMARTS) is 1. The van der Waals surface area contributed by atoms with Crippen molar-refractivity contribution in [2.24, 2.45) is 13.0 Å². The highest BCUT2D eigenvalue weighted by atomic mass is 32.2. The Hall–Kier alpha value is -2.95. The van der Waals surface area contributed by atoms with Gasteiger partial charge in [-0.15, -0.1) is 11.8 Å². The molecule has 1 aliphatic rings. The van der Waals surface area contributed by atoms with Gasteiger partial charge in [-0.25, -0.2) is 4.79 Å². The maximum absolute atomic E-state index is 12.9. The number of ether oxygens (including phenoxy) is 1. The normalized spacial score (nSPS) is 19.0. The van der Waals surface area contributed by atoms with Crippen LogP contribution in [0, 0.1) is 5.92 Å². The van der Waals surface area contributed by atoms with Gasteiger partial charge in [-0.05, 0) is 17.0 Å². The third-order valence-corrected chi connectivity index (χ3v) is 5.26. The maximum atomic E-state index is 12.9. The molecule has 2 atom stereocenters. The van der Waals surface area contributed by atoms with Gasteiger partial charge in [0.25, 0.3) is 0 Å². The molecule has 2 unspecified atom stereocenters. The first-order valence-electron chi connectivity index (χ1n) is 8.34. The molecule has 3 rings (SSSR count). The molecule has 2 heterocycles. The van der Waals surface area contributed by atoms with Gasteiger partial charge in [0.15, 0.2) is 5.69 Å². The zero-order chi connectivity index (χ0) is 21.2. The summed E-state index contributed by atoms with van der Waals surface area (Å²) in [6.45, 7) is -0.00123. The van der Waals surface area contributed by atoms with Crippen molar-refractivity contribution in [1.82, 2.24) is 15.1 Å². The molecule has 0 aliphatic carbocycles. The van der Waals surface area contributed by atoms with Crippen molar-refractivity contribution >= 4 is 29.4 Å². The molecule has 1 aliphatic heterocycles. The van der Waals surface area contributed by atoms with Crippen molar-refractivity contribution < 1.29 is 32.6 Å². The highest BCUT2D eigenvalue weighted by molar-refractivity contribution is 8.03. The number of nitrogens with one attached hydrogen (secondary N) is 1. The molecule has 0 radical (unpaired) electrons. The van der Waals surface area contributed by atoms with Crippen LogP contribution in [-0.2, 0) is 29.4 Å². The lowest BCUT2D eigenvalue weighted by Gasteiger charge is -2.19. The SMILES string of the molecule is Cn1nc(C(F)(F)F)cc1C1=CSC(NC(=O)OCc2ccccc2)C1C(=O)O. The Labute approximate surface area is 167 Å². The van der Waals surface area contributed by atoms with E-state index in [0.29, 0.717) is 0 Å². The summed E-state index contributed by atoms with van der Waals surface area (Å²) in [5, 5.41) is 15.9. The van der Waals surface area contributed by atoms with Crippen LogP contribution in [0.4, 0.5) is 18.0 Å². The molecule has 0 spiro atoms. The Bertz CT molecular complexity index is 944. The summed E-state index contributed by atoms with van der Waals surface area (Å²) in [7, 11) is 1.30. The molecule has 7 nitrogen and oxygen atoms in total. The number of halogens is 3. The molecule has 0 saturated carbocycles. The van der Waals surface area contributed by atoms with Crippen molar-refractivity contribution in [2.45, 2.75) is 18.2 Å². The fraction of sp³-hybridized carbons (Fsp3) is 0.278. The summed E-state index contributed by atoms with van der Waals surface area (Å²) in [5.41, 5.74) is -0.228. The molecule has 1 amide bonds. The number of alkyl carbamates (subject to hydrolysis) is 1. The van der Waals surface area contributed by atoms with E-state index in [0.717, 1.165) is 28.1 Å². The number of carboxylic acids is 1. The highest BCUT2D eigenvalue weighted by Gasteiger charge is 2.41. The van der Waals surface area contributed by atoms with Gasteiger partial charge < -0.3 is 15.2 Å². The number of rotatable bonds is 5. The van der Waals surface area contributed by atoms with Gasteiger partial charge in [-0.2, -0.15) is 18.3 Å². The smallest absolute Gasteiger partial charge is 0.435 e. The fourth-order valence-electron chi connectivity index (χ4n) is 2.82. The first kappa shape index (κ1) is 20.8. The summed E-state index contributed by atoms with van der Waals surface area (Å²) in [6.07, 6.45) is -5.48. The number of aryl methyl sites for hydroxylation is 1. The largest absolute Gasteiger partial charge is 0.481 e. The van der Waals surface area contributed by atoms with Gasteiger partial charge in [-0.1, -0.05) is 30.3 Å². The van der Waals surface area contributed by atoms with E-state index in [2.05, 4.69) is 10.4 Å². The number of nitrogens with zero attached hydrogens (tertiary/aromatic N) is 2. The van der Waals surface area contributed by atoms with Gasteiger partial charge in [0.1, 0.15) is 12.5 Å². The van der Waals surface area contributed by atoms with Gasteiger partial charge in [0.05, 0.1) is 11.1 Å². The predicted molar refractivity (Wildman–Crippen MR) is 98.5 cm³/mol. The van der Waals surface area contributed by atoms with Crippen molar-refractivity contribution in [3.05, 3.63) is 58.8 Å². The van der Waals surface area contributed by atoms with Gasteiger partial charge in [-0.3, -0.25) is 9.48 Å². The molecule has 1 aromatic carbocycles. The highest BCUT2D eigenvalue weighted by Crippen LogP contribution is 2.41. The third kappa shape index (κ3) is 4.73. The number of aromatic nitrogens is 2. The van der Waals surface area contributed by atoms with Gasteiger partial charge in [0, 0.05) is 12.6 Å². The lowest BCUT2D eigenvalue weighted by Crippen LogP contribution is -2.40. The quantitative estimate of drug-likeness (QED) is 0.759. The summed E-state index contributed by atoms with van der Waals surface area (Å²) < 4.78 is 44.8. The van der Waals surface area contributed by atoms with Crippen LogP contribution in [-0.4, -0.2) is 32.3 Å². The number of alkyl halides is 3. The molecule has 29 heavy (non-hydrogen) atoms. The standard InChI is InChI=1S/C18H16F3N3O4S/c1-24-12(7-13(23-24)18(19,20)21)11-9-29-15(14(11)16(25)26)22-17(27)28-8-10-5-3-2-4-6-10/h2-7,9,14-15H,8H2,1H3,(H,22,27)(H,25,26). The minimum atomic E-state index is -4.65. The van der Waals surface area contributed by atoms with Crippen molar-refractivity contribution in [1.29, 1.82) is 0 Å². The van der Waals surface area contributed by atoms with Crippen LogP contribution in [0.25, 0.3) is 5.57 Å². The average Bonchev–Trinajstić information content (AvgIpc) is 3.24. The van der Waals surface area contributed by atoms with E-state index in [9.17, 15) is 27.9 Å². The van der Waals surface area contributed by atoms with E-state index >= 15 is 0 Å². The van der Waals surface area contributed by atoms with Crippen LogP contribution < -0.4 is 5.32 Å². The van der Waals surface area contributed by atoms with Crippen molar-refractivity contribution in [2.75, 3.05) is 0 Å². The molecule has 0 fully saturated rings. The molecule has 0 bridgehead atoms.